The number of para-hydroxylation sites is 1. The van der Waals surface area contributed by atoms with Crippen LogP contribution in [0.5, 0.6) is 0 Å². The average Bonchev–Trinajstić information content (AvgIpc) is 3.29. The van der Waals surface area contributed by atoms with Gasteiger partial charge >= 0.3 is 5.97 Å². The smallest absolute Gasteiger partial charge is 0.306 e. The minimum atomic E-state index is -0.380. The van der Waals surface area contributed by atoms with E-state index in [-0.39, 0.29) is 30.9 Å². The molecule has 1 aromatic rings. The molecule has 0 unspecified atom stereocenters. The van der Waals surface area contributed by atoms with Gasteiger partial charge in [-0.1, -0.05) is 18.6 Å². The number of esters is 1. The minimum absolute atomic E-state index is 0.0918. The zero-order chi connectivity index (χ0) is 20.1. The van der Waals surface area contributed by atoms with E-state index in [1.807, 2.05) is 30.5 Å². The standard InChI is InChI=1S/C21H28N2O4S/c1-23(12-19(24)22-17-5-3-4-6-18(17)28-2)20(25)13-27-21(26)11-16-10-14-7-8-15(16)9-14/h3-6,14-16H,7-13H2,1-2H3,(H,22,24)/t14-,15-,16-/m1/s1. The van der Waals surface area contributed by atoms with Crippen molar-refractivity contribution in [2.24, 2.45) is 17.8 Å². The number of carbonyl (C=O) groups is 3. The number of thioether (sulfide) groups is 1. The number of anilines is 1. The lowest BCUT2D eigenvalue weighted by Gasteiger charge is -2.21. The van der Waals surface area contributed by atoms with Gasteiger partial charge in [-0.25, -0.2) is 0 Å². The van der Waals surface area contributed by atoms with Crippen LogP contribution in [0.4, 0.5) is 5.69 Å². The summed E-state index contributed by atoms with van der Waals surface area (Å²) in [5.41, 5.74) is 0.720. The summed E-state index contributed by atoms with van der Waals surface area (Å²) in [6.07, 6.45) is 7.22. The Morgan fingerprint density at radius 1 is 1.21 bits per heavy atom. The van der Waals surface area contributed by atoms with Crippen LogP contribution in [0.15, 0.2) is 29.2 Å². The van der Waals surface area contributed by atoms with Crippen molar-refractivity contribution in [2.45, 2.75) is 37.0 Å². The largest absolute Gasteiger partial charge is 0.456 e. The van der Waals surface area contributed by atoms with Crippen molar-refractivity contribution in [3.05, 3.63) is 24.3 Å². The molecule has 0 saturated heterocycles. The average molecular weight is 405 g/mol. The maximum absolute atomic E-state index is 12.2. The number of rotatable bonds is 8. The number of ether oxygens (including phenoxy) is 1. The van der Waals surface area contributed by atoms with Crippen molar-refractivity contribution < 1.29 is 19.1 Å². The van der Waals surface area contributed by atoms with Crippen LogP contribution >= 0.6 is 11.8 Å². The van der Waals surface area contributed by atoms with E-state index in [2.05, 4.69) is 5.32 Å². The molecule has 2 fully saturated rings. The monoisotopic (exact) mass is 404 g/mol. The molecular formula is C21H28N2O4S. The highest BCUT2D eigenvalue weighted by atomic mass is 32.2. The Morgan fingerprint density at radius 3 is 2.68 bits per heavy atom. The summed E-state index contributed by atoms with van der Waals surface area (Å²) in [6.45, 7) is -0.406. The van der Waals surface area contributed by atoms with E-state index in [0.717, 1.165) is 22.9 Å². The van der Waals surface area contributed by atoms with Gasteiger partial charge in [0.1, 0.15) is 0 Å². The lowest BCUT2D eigenvalue weighted by molar-refractivity contribution is -0.152. The number of amides is 2. The lowest BCUT2D eigenvalue weighted by atomic mass is 9.86. The summed E-state index contributed by atoms with van der Waals surface area (Å²) in [7, 11) is 1.53. The zero-order valence-electron chi connectivity index (χ0n) is 16.5. The first-order valence-corrected chi connectivity index (χ1v) is 11.0. The molecule has 0 aromatic heterocycles. The summed E-state index contributed by atoms with van der Waals surface area (Å²) in [4.78, 5) is 38.7. The molecule has 2 bridgehead atoms. The highest BCUT2D eigenvalue weighted by Gasteiger charge is 2.40. The van der Waals surface area contributed by atoms with Gasteiger partial charge in [-0.2, -0.15) is 0 Å². The number of benzene rings is 1. The first-order valence-electron chi connectivity index (χ1n) is 9.78. The third-order valence-electron chi connectivity index (χ3n) is 5.86. The van der Waals surface area contributed by atoms with Crippen LogP contribution in [0.3, 0.4) is 0 Å². The Balaban J connectivity index is 1.39. The van der Waals surface area contributed by atoms with E-state index in [1.54, 1.807) is 0 Å². The summed E-state index contributed by atoms with van der Waals surface area (Å²) in [6, 6.07) is 7.50. The van der Waals surface area contributed by atoms with Crippen LogP contribution in [0.1, 0.15) is 32.1 Å². The highest BCUT2D eigenvalue weighted by Crippen LogP contribution is 2.49. The van der Waals surface area contributed by atoms with Crippen LogP contribution in [0.2, 0.25) is 0 Å². The van der Waals surface area contributed by atoms with Crippen LogP contribution in [-0.2, 0) is 19.1 Å². The molecule has 28 heavy (non-hydrogen) atoms. The molecule has 2 aliphatic carbocycles. The number of fused-ring (bicyclic) bond motifs is 2. The second-order valence-electron chi connectivity index (χ2n) is 7.80. The molecule has 0 aliphatic heterocycles. The molecule has 152 valence electrons. The van der Waals surface area contributed by atoms with E-state index >= 15 is 0 Å². The molecule has 2 amide bonds. The fourth-order valence-electron chi connectivity index (χ4n) is 4.39. The number of carbonyl (C=O) groups excluding carboxylic acids is 3. The van der Waals surface area contributed by atoms with Gasteiger partial charge in [-0.3, -0.25) is 14.4 Å². The Morgan fingerprint density at radius 2 is 2.00 bits per heavy atom. The normalized spacial score (nSPS) is 22.7. The topological polar surface area (TPSA) is 75.7 Å². The van der Waals surface area contributed by atoms with Crippen LogP contribution < -0.4 is 5.32 Å². The van der Waals surface area contributed by atoms with Gasteiger partial charge in [0.05, 0.1) is 12.2 Å². The van der Waals surface area contributed by atoms with Crippen molar-refractivity contribution in [2.75, 3.05) is 31.8 Å². The maximum Gasteiger partial charge on any atom is 0.306 e. The molecule has 2 saturated carbocycles. The Kier molecular flexibility index (Phi) is 6.99. The van der Waals surface area contributed by atoms with Gasteiger partial charge in [0.15, 0.2) is 6.61 Å². The maximum atomic E-state index is 12.2. The number of likely N-dealkylation sites (N-methyl/N-ethyl adjacent to an activating group) is 1. The second kappa shape index (κ2) is 9.45. The summed E-state index contributed by atoms with van der Waals surface area (Å²) in [5, 5.41) is 2.81. The third kappa shape index (κ3) is 5.28. The van der Waals surface area contributed by atoms with Crippen molar-refractivity contribution in [3.8, 4) is 0 Å². The van der Waals surface area contributed by atoms with Crippen LogP contribution in [0, 0.1) is 17.8 Å². The zero-order valence-corrected chi connectivity index (χ0v) is 17.3. The molecule has 0 radical (unpaired) electrons. The molecule has 3 rings (SSSR count). The number of nitrogens with zero attached hydrogens (tertiary/aromatic N) is 1. The summed E-state index contributed by atoms with van der Waals surface area (Å²) >= 11 is 1.54. The molecule has 2 aliphatic rings. The van der Waals surface area contributed by atoms with Crippen molar-refractivity contribution >= 4 is 35.2 Å². The second-order valence-corrected chi connectivity index (χ2v) is 8.65. The molecule has 1 aromatic carbocycles. The van der Waals surface area contributed by atoms with Gasteiger partial charge in [0.2, 0.25) is 5.91 Å². The van der Waals surface area contributed by atoms with Crippen molar-refractivity contribution in [1.82, 2.24) is 4.90 Å². The number of nitrogens with one attached hydrogen (secondary N) is 1. The van der Waals surface area contributed by atoms with E-state index in [0.29, 0.717) is 18.3 Å². The molecule has 3 atom stereocenters. The highest BCUT2D eigenvalue weighted by molar-refractivity contribution is 7.98. The first-order chi connectivity index (χ1) is 13.5. The van der Waals surface area contributed by atoms with Gasteiger partial charge in [0, 0.05) is 18.4 Å². The fraction of sp³-hybridized carbons (Fsp3) is 0.571. The quantitative estimate of drug-likeness (QED) is 0.532. The first kappa shape index (κ1) is 20.7. The van der Waals surface area contributed by atoms with Gasteiger partial charge in [-0.15, -0.1) is 11.8 Å². The Bertz CT molecular complexity index is 739. The van der Waals surface area contributed by atoms with E-state index in [9.17, 15) is 14.4 Å². The van der Waals surface area contributed by atoms with Crippen molar-refractivity contribution in [1.29, 1.82) is 0 Å². The van der Waals surface area contributed by atoms with E-state index in [1.165, 1.54) is 43.0 Å². The SMILES string of the molecule is CSc1ccccc1NC(=O)CN(C)C(=O)COC(=O)C[C@H]1C[C@@H]2CC[C@@H]1C2. The van der Waals surface area contributed by atoms with Gasteiger partial charge in [-0.05, 0) is 55.4 Å². The van der Waals surface area contributed by atoms with Gasteiger partial charge < -0.3 is 15.0 Å². The predicted octanol–water partition coefficient (Wildman–Crippen LogP) is 3.17. The number of hydrogen-bond acceptors (Lipinski definition) is 5. The Labute approximate surface area is 170 Å². The molecule has 7 heteroatoms. The van der Waals surface area contributed by atoms with Crippen molar-refractivity contribution in [3.63, 3.8) is 0 Å². The minimum Gasteiger partial charge on any atom is -0.456 e. The van der Waals surface area contributed by atoms with Crippen LogP contribution in [0.25, 0.3) is 0 Å². The predicted molar refractivity (Wildman–Crippen MR) is 109 cm³/mol. The van der Waals surface area contributed by atoms with E-state index in [4.69, 9.17) is 4.74 Å². The van der Waals surface area contributed by atoms with Gasteiger partial charge in [0.25, 0.3) is 5.91 Å². The molecule has 6 nitrogen and oxygen atoms in total. The van der Waals surface area contributed by atoms with Crippen LogP contribution in [-0.4, -0.2) is 49.1 Å². The number of hydrogen-bond donors (Lipinski definition) is 1. The molecule has 0 heterocycles. The molecular weight excluding hydrogens is 376 g/mol. The molecule has 1 N–H and O–H groups in total. The molecule has 0 spiro atoms. The third-order valence-corrected chi connectivity index (χ3v) is 6.65. The van der Waals surface area contributed by atoms with E-state index < -0.39 is 0 Å². The fourth-order valence-corrected chi connectivity index (χ4v) is 4.95. The summed E-state index contributed by atoms with van der Waals surface area (Å²) < 4.78 is 5.17. The lowest BCUT2D eigenvalue weighted by Crippen LogP contribution is -2.37. The Hall–Kier alpha value is -2.02. The summed E-state index contributed by atoms with van der Waals surface area (Å²) in [5.74, 6) is 0.883.